The Morgan fingerprint density at radius 3 is 2.36 bits per heavy atom. The van der Waals surface area contributed by atoms with Crippen LogP contribution in [0.5, 0.6) is 5.75 Å². The minimum absolute atomic E-state index is 0.385. The molecule has 5 nitrogen and oxygen atoms in total. The number of aryl methyl sites for hydroxylation is 1. The van der Waals surface area contributed by atoms with E-state index in [0.29, 0.717) is 18.2 Å². The monoisotopic (exact) mass is 342 g/mol. The Bertz CT molecular complexity index is 654. The van der Waals surface area contributed by atoms with Gasteiger partial charge in [0.05, 0.1) is 0 Å². The number of nitrogens with zero attached hydrogens (tertiary/aromatic N) is 2. The van der Waals surface area contributed by atoms with E-state index < -0.39 is 6.10 Å². The van der Waals surface area contributed by atoms with Gasteiger partial charge in [-0.15, -0.1) is 0 Å². The Balaban J connectivity index is 1.93. The van der Waals surface area contributed by atoms with Crippen LogP contribution in [-0.2, 0) is 16.0 Å². The smallest absolute Gasteiger partial charge is 0.340 e. The standard InChI is InChI=1S/C20H26N2O3/c1-4-6-12-24-15(3)20(23)25-18-10-8-17(9-11-18)19-21-13-16(7-5-2)14-22-19/h8-11,13-15H,4-7,12H2,1-3H3. The fraction of sp³-hybridized carbons (Fsp3) is 0.450. The van der Waals surface area contributed by atoms with Crippen LogP contribution in [0.3, 0.4) is 0 Å². The van der Waals surface area contributed by atoms with Crippen molar-refractivity contribution in [2.45, 2.75) is 52.6 Å². The van der Waals surface area contributed by atoms with Gasteiger partial charge in [-0.3, -0.25) is 0 Å². The van der Waals surface area contributed by atoms with E-state index in [0.717, 1.165) is 36.8 Å². The molecule has 134 valence electrons. The fourth-order valence-corrected chi connectivity index (χ4v) is 2.27. The van der Waals surface area contributed by atoms with Crippen molar-refractivity contribution in [3.05, 3.63) is 42.2 Å². The van der Waals surface area contributed by atoms with Crippen LogP contribution < -0.4 is 4.74 Å². The molecule has 0 bridgehead atoms. The summed E-state index contributed by atoms with van der Waals surface area (Å²) in [5.74, 6) is 0.764. The van der Waals surface area contributed by atoms with Crippen LogP contribution in [-0.4, -0.2) is 28.6 Å². The Morgan fingerprint density at radius 1 is 1.08 bits per heavy atom. The number of ether oxygens (including phenoxy) is 2. The molecule has 0 radical (unpaired) electrons. The van der Waals surface area contributed by atoms with Crippen molar-refractivity contribution in [1.82, 2.24) is 9.97 Å². The summed E-state index contributed by atoms with van der Waals surface area (Å²) in [5.41, 5.74) is 2.02. The van der Waals surface area contributed by atoms with Gasteiger partial charge in [0, 0.05) is 24.6 Å². The fourth-order valence-electron chi connectivity index (χ4n) is 2.27. The van der Waals surface area contributed by atoms with Crippen molar-refractivity contribution in [2.24, 2.45) is 0 Å². The topological polar surface area (TPSA) is 61.3 Å². The summed E-state index contributed by atoms with van der Waals surface area (Å²) < 4.78 is 10.8. The SMILES string of the molecule is CCCCOC(C)C(=O)Oc1ccc(-c2ncc(CCC)cn2)cc1. The van der Waals surface area contributed by atoms with Gasteiger partial charge >= 0.3 is 5.97 Å². The molecule has 0 aliphatic carbocycles. The first-order chi connectivity index (χ1) is 12.1. The number of benzene rings is 1. The van der Waals surface area contributed by atoms with Crippen LogP contribution in [0, 0.1) is 0 Å². The van der Waals surface area contributed by atoms with Gasteiger partial charge in [-0.1, -0.05) is 26.7 Å². The summed E-state index contributed by atoms with van der Waals surface area (Å²) in [6, 6.07) is 7.19. The number of rotatable bonds is 9. The molecule has 25 heavy (non-hydrogen) atoms. The maximum Gasteiger partial charge on any atom is 0.340 e. The highest BCUT2D eigenvalue weighted by molar-refractivity contribution is 5.77. The summed E-state index contributed by atoms with van der Waals surface area (Å²) >= 11 is 0. The highest BCUT2D eigenvalue weighted by Gasteiger charge is 2.15. The van der Waals surface area contributed by atoms with E-state index >= 15 is 0 Å². The first-order valence-electron chi connectivity index (χ1n) is 8.88. The van der Waals surface area contributed by atoms with Gasteiger partial charge in [-0.05, 0) is 49.6 Å². The minimum atomic E-state index is -0.569. The van der Waals surface area contributed by atoms with Crippen LogP contribution in [0.15, 0.2) is 36.7 Å². The van der Waals surface area contributed by atoms with Crippen LogP contribution >= 0.6 is 0 Å². The second-order valence-electron chi connectivity index (χ2n) is 5.98. The van der Waals surface area contributed by atoms with E-state index in [1.165, 1.54) is 0 Å². The first-order valence-corrected chi connectivity index (χ1v) is 8.88. The van der Waals surface area contributed by atoms with E-state index in [2.05, 4.69) is 23.8 Å². The third kappa shape index (κ3) is 5.94. The molecule has 2 aromatic rings. The molecule has 0 amide bonds. The summed E-state index contributed by atoms with van der Waals surface area (Å²) in [7, 11) is 0. The van der Waals surface area contributed by atoms with Crippen LogP contribution in [0.2, 0.25) is 0 Å². The largest absolute Gasteiger partial charge is 0.425 e. The molecule has 2 rings (SSSR count). The number of aromatic nitrogens is 2. The average molecular weight is 342 g/mol. The molecule has 0 saturated heterocycles. The zero-order chi connectivity index (χ0) is 18.1. The lowest BCUT2D eigenvalue weighted by molar-refractivity contribution is -0.146. The third-order valence-corrected chi connectivity index (χ3v) is 3.77. The van der Waals surface area contributed by atoms with Crippen LogP contribution in [0.1, 0.15) is 45.6 Å². The second-order valence-corrected chi connectivity index (χ2v) is 5.98. The maximum absolute atomic E-state index is 12.0. The molecule has 0 aliphatic rings. The Hall–Kier alpha value is -2.27. The van der Waals surface area contributed by atoms with E-state index in [1.54, 1.807) is 19.1 Å². The van der Waals surface area contributed by atoms with E-state index in [-0.39, 0.29) is 5.97 Å². The quantitative estimate of drug-likeness (QED) is 0.388. The van der Waals surface area contributed by atoms with E-state index in [4.69, 9.17) is 9.47 Å². The molecule has 1 heterocycles. The summed E-state index contributed by atoms with van der Waals surface area (Å²) in [6.45, 7) is 6.48. The van der Waals surface area contributed by atoms with Crippen LogP contribution in [0.4, 0.5) is 0 Å². The molecular formula is C20H26N2O3. The molecule has 0 fully saturated rings. The highest BCUT2D eigenvalue weighted by atomic mass is 16.6. The molecule has 1 aromatic carbocycles. The van der Waals surface area contributed by atoms with Crippen molar-refractivity contribution in [3.8, 4) is 17.1 Å². The average Bonchev–Trinajstić information content (AvgIpc) is 2.63. The first kappa shape index (κ1) is 19.1. The molecule has 0 aliphatic heterocycles. The summed E-state index contributed by atoms with van der Waals surface area (Å²) in [4.78, 5) is 20.8. The summed E-state index contributed by atoms with van der Waals surface area (Å²) in [5, 5.41) is 0. The Labute approximate surface area is 149 Å². The van der Waals surface area contributed by atoms with Gasteiger partial charge in [0.2, 0.25) is 0 Å². The van der Waals surface area contributed by atoms with Crippen molar-refractivity contribution in [3.63, 3.8) is 0 Å². The Kier molecular flexibility index (Phi) is 7.54. The normalized spacial score (nSPS) is 12.0. The Morgan fingerprint density at radius 2 is 1.76 bits per heavy atom. The second kappa shape index (κ2) is 9.89. The third-order valence-electron chi connectivity index (χ3n) is 3.77. The van der Waals surface area contributed by atoms with Crippen molar-refractivity contribution in [2.75, 3.05) is 6.61 Å². The van der Waals surface area contributed by atoms with Gasteiger partial charge in [-0.25, -0.2) is 14.8 Å². The zero-order valence-corrected chi connectivity index (χ0v) is 15.2. The van der Waals surface area contributed by atoms with Crippen LogP contribution in [0.25, 0.3) is 11.4 Å². The van der Waals surface area contributed by atoms with Crippen molar-refractivity contribution >= 4 is 5.97 Å². The molecule has 0 spiro atoms. The van der Waals surface area contributed by atoms with E-state index in [1.807, 2.05) is 24.5 Å². The molecule has 0 saturated carbocycles. The molecule has 5 heteroatoms. The number of unbranched alkanes of at least 4 members (excludes halogenated alkanes) is 1. The van der Waals surface area contributed by atoms with Gasteiger partial charge in [-0.2, -0.15) is 0 Å². The molecule has 1 aromatic heterocycles. The lowest BCUT2D eigenvalue weighted by Crippen LogP contribution is -2.26. The molecule has 1 unspecified atom stereocenters. The van der Waals surface area contributed by atoms with Gasteiger partial charge in [0.25, 0.3) is 0 Å². The summed E-state index contributed by atoms with van der Waals surface area (Å²) in [6.07, 6.45) is 7.16. The lowest BCUT2D eigenvalue weighted by atomic mass is 10.2. The van der Waals surface area contributed by atoms with Crippen molar-refractivity contribution < 1.29 is 14.3 Å². The molecule has 1 atom stereocenters. The minimum Gasteiger partial charge on any atom is -0.425 e. The highest BCUT2D eigenvalue weighted by Crippen LogP contribution is 2.20. The number of carbonyl (C=O) groups is 1. The lowest BCUT2D eigenvalue weighted by Gasteiger charge is -2.12. The number of hydrogen-bond acceptors (Lipinski definition) is 5. The number of carbonyl (C=O) groups excluding carboxylic acids is 1. The van der Waals surface area contributed by atoms with Gasteiger partial charge < -0.3 is 9.47 Å². The van der Waals surface area contributed by atoms with Gasteiger partial charge in [0.1, 0.15) is 5.75 Å². The number of hydrogen-bond donors (Lipinski definition) is 0. The molecule has 0 N–H and O–H groups in total. The van der Waals surface area contributed by atoms with Crippen molar-refractivity contribution in [1.29, 1.82) is 0 Å². The molecular weight excluding hydrogens is 316 g/mol. The predicted octanol–water partition coefficient (Wildman–Crippen LogP) is 4.21. The zero-order valence-electron chi connectivity index (χ0n) is 15.2. The van der Waals surface area contributed by atoms with E-state index in [9.17, 15) is 4.79 Å². The van der Waals surface area contributed by atoms with Gasteiger partial charge in [0.15, 0.2) is 11.9 Å². The maximum atomic E-state index is 12.0. The number of esters is 1. The predicted molar refractivity (Wildman–Crippen MR) is 97.4 cm³/mol.